The smallest absolute Gasteiger partial charge is 0.193 e. The van der Waals surface area contributed by atoms with E-state index in [9.17, 15) is 4.21 Å². The van der Waals surface area contributed by atoms with E-state index < -0.39 is 10.8 Å². The minimum Gasteiger partial charge on any atom is -0.496 e. The molecule has 24 heavy (non-hydrogen) atoms. The van der Waals surface area contributed by atoms with Gasteiger partial charge in [0.25, 0.3) is 0 Å². The van der Waals surface area contributed by atoms with Gasteiger partial charge in [-0.15, -0.1) is 24.0 Å². The molecule has 1 atom stereocenters. The fourth-order valence-electron chi connectivity index (χ4n) is 2.11. The quantitative estimate of drug-likeness (QED) is 0.397. The van der Waals surface area contributed by atoms with Gasteiger partial charge in [-0.05, 0) is 26.8 Å². The van der Waals surface area contributed by atoms with Crippen LogP contribution in [0, 0.1) is 0 Å². The average molecular weight is 467 g/mol. The van der Waals surface area contributed by atoms with E-state index in [0.29, 0.717) is 18.8 Å². The Balaban J connectivity index is 0.00000529. The number of nitrogens with zero attached hydrogens (tertiary/aromatic N) is 2. The van der Waals surface area contributed by atoms with Crippen molar-refractivity contribution in [3.63, 3.8) is 0 Å². The number of benzene rings is 1. The maximum atomic E-state index is 12.1. The number of ether oxygens (including phenoxy) is 1. The van der Waals surface area contributed by atoms with Gasteiger partial charge in [-0.1, -0.05) is 18.2 Å². The zero-order valence-corrected chi connectivity index (χ0v) is 18.6. The number of nitrogens with one attached hydrogen (secondary N) is 1. The highest BCUT2D eigenvalue weighted by Crippen LogP contribution is 2.18. The van der Waals surface area contributed by atoms with Crippen LogP contribution in [-0.4, -0.2) is 53.3 Å². The predicted octanol–water partition coefficient (Wildman–Crippen LogP) is 2.87. The van der Waals surface area contributed by atoms with Gasteiger partial charge in [0.05, 0.1) is 7.11 Å². The van der Waals surface area contributed by atoms with Crippen LogP contribution in [0.1, 0.15) is 26.3 Å². The fraction of sp³-hybridized carbons (Fsp3) is 0.588. The second kappa shape index (κ2) is 10.9. The summed E-state index contributed by atoms with van der Waals surface area (Å²) >= 11 is 0. The zero-order valence-electron chi connectivity index (χ0n) is 15.5. The molecule has 0 aliphatic carbocycles. The van der Waals surface area contributed by atoms with Crippen LogP contribution in [0.3, 0.4) is 0 Å². The number of methoxy groups -OCH3 is 1. The van der Waals surface area contributed by atoms with Gasteiger partial charge in [-0.2, -0.15) is 0 Å². The Morgan fingerprint density at radius 1 is 1.33 bits per heavy atom. The summed E-state index contributed by atoms with van der Waals surface area (Å²) in [5.74, 6) is 2.25. The van der Waals surface area contributed by atoms with Gasteiger partial charge in [0.1, 0.15) is 5.75 Å². The second-order valence-corrected chi connectivity index (χ2v) is 8.63. The Hall–Kier alpha value is -0.830. The van der Waals surface area contributed by atoms with Crippen molar-refractivity contribution >= 4 is 40.7 Å². The predicted molar refractivity (Wildman–Crippen MR) is 114 cm³/mol. The van der Waals surface area contributed by atoms with Gasteiger partial charge in [0, 0.05) is 54.0 Å². The van der Waals surface area contributed by atoms with Crippen molar-refractivity contribution in [3.05, 3.63) is 29.8 Å². The summed E-state index contributed by atoms with van der Waals surface area (Å²) in [7, 11) is 4.53. The van der Waals surface area contributed by atoms with Crippen molar-refractivity contribution in [1.82, 2.24) is 10.2 Å². The Bertz CT molecular complexity index is 559. The van der Waals surface area contributed by atoms with E-state index in [1.165, 1.54) is 0 Å². The Morgan fingerprint density at radius 3 is 2.50 bits per heavy atom. The average Bonchev–Trinajstić information content (AvgIpc) is 2.50. The maximum Gasteiger partial charge on any atom is 0.193 e. The van der Waals surface area contributed by atoms with Crippen LogP contribution in [0.15, 0.2) is 29.3 Å². The summed E-state index contributed by atoms with van der Waals surface area (Å²) in [6.07, 6.45) is 0. The molecule has 0 saturated carbocycles. The first-order chi connectivity index (χ1) is 10.8. The summed E-state index contributed by atoms with van der Waals surface area (Å²) in [4.78, 5) is 6.32. The van der Waals surface area contributed by atoms with Crippen LogP contribution in [0.4, 0.5) is 0 Å². The molecule has 1 aromatic carbocycles. The molecule has 5 nitrogen and oxygen atoms in total. The third-order valence-corrected chi connectivity index (χ3v) is 5.37. The van der Waals surface area contributed by atoms with E-state index in [-0.39, 0.29) is 28.7 Å². The van der Waals surface area contributed by atoms with Crippen LogP contribution >= 0.6 is 24.0 Å². The molecule has 138 valence electrons. The maximum absolute atomic E-state index is 12.1. The molecule has 0 bridgehead atoms. The van der Waals surface area contributed by atoms with Gasteiger partial charge >= 0.3 is 0 Å². The SMILES string of the molecule is CN=C(NCCS(=O)C(C)(C)C)N(C)Cc1ccccc1OC.I. The zero-order chi connectivity index (χ0) is 17.5. The molecule has 1 N–H and O–H groups in total. The van der Waals surface area contributed by atoms with E-state index in [0.717, 1.165) is 17.3 Å². The third kappa shape index (κ3) is 7.38. The minimum atomic E-state index is -0.868. The van der Waals surface area contributed by atoms with E-state index in [1.54, 1.807) is 14.2 Å². The van der Waals surface area contributed by atoms with Gasteiger partial charge in [0.2, 0.25) is 0 Å². The molecule has 1 aromatic rings. The van der Waals surface area contributed by atoms with Crippen LogP contribution in [0.5, 0.6) is 5.75 Å². The Labute approximate surface area is 165 Å². The highest BCUT2D eigenvalue weighted by atomic mass is 127. The first-order valence-corrected chi connectivity index (χ1v) is 9.03. The van der Waals surface area contributed by atoms with Gasteiger partial charge < -0.3 is 15.0 Å². The number of guanidine groups is 1. The second-order valence-electron chi connectivity index (χ2n) is 6.30. The summed E-state index contributed by atoms with van der Waals surface area (Å²) in [5, 5.41) is 3.27. The number of para-hydroxylation sites is 1. The molecule has 1 rings (SSSR count). The van der Waals surface area contributed by atoms with Crippen molar-refractivity contribution in [2.24, 2.45) is 4.99 Å². The molecule has 0 fully saturated rings. The summed E-state index contributed by atoms with van der Waals surface area (Å²) in [6, 6.07) is 7.94. The molecule has 0 aliphatic heterocycles. The van der Waals surface area contributed by atoms with Crippen molar-refractivity contribution < 1.29 is 8.95 Å². The Kier molecular flexibility index (Phi) is 10.5. The van der Waals surface area contributed by atoms with Crippen molar-refractivity contribution in [3.8, 4) is 5.75 Å². The van der Waals surface area contributed by atoms with Crippen LogP contribution in [-0.2, 0) is 17.3 Å². The van der Waals surface area contributed by atoms with Crippen molar-refractivity contribution in [1.29, 1.82) is 0 Å². The number of hydrogen-bond acceptors (Lipinski definition) is 3. The van der Waals surface area contributed by atoms with E-state index in [2.05, 4.69) is 10.3 Å². The highest BCUT2D eigenvalue weighted by Gasteiger charge is 2.19. The lowest BCUT2D eigenvalue weighted by atomic mass is 10.2. The molecule has 0 aromatic heterocycles. The lowest BCUT2D eigenvalue weighted by Gasteiger charge is -2.24. The van der Waals surface area contributed by atoms with Crippen molar-refractivity contribution in [2.75, 3.05) is 33.5 Å². The molecule has 0 radical (unpaired) electrons. The molecule has 0 aliphatic rings. The first-order valence-electron chi connectivity index (χ1n) is 7.71. The highest BCUT2D eigenvalue weighted by molar-refractivity contribution is 14.0. The van der Waals surface area contributed by atoms with E-state index in [1.807, 2.05) is 57.0 Å². The number of aliphatic imine (C=N–C) groups is 1. The van der Waals surface area contributed by atoms with Crippen LogP contribution < -0.4 is 10.1 Å². The van der Waals surface area contributed by atoms with E-state index in [4.69, 9.17) is 4.74 Å². The lowest BCUT2D eigenvalue weighted by molar-refractivity contribution is 0.396. The molecule has 7 heteroatoms. The molecule has 0 heterocycles. The third-order valence-electron chi connectivity index (χ3n) is 3.43. The molecular formula is C17H30IN3O2S. The van der Waals surface area contributed by atoms with Gasteiger partial charge in [-0.3, -0.25) is 9.20 Å². The normalized spacial score (nSPS) is 13.0. The first kappa shape index (κ1) is 23.2. The number of rotatable bonds is 6. The summed E-state index contributed by atoms with van der Waals surface area (Å²) in [6.45, 7) is 7.29. The molecule has 0 spiro atoms. The lowest BCUT2D eigenvalue weighted by Crippen LogP contribution is -2.41. The fourth-order valence-corrected chi connectivity index (χ4v) is 3.01. The van der Waals surface area contributed by atoms with Crippen LogP contribution in [0.2, 0.25) is 0 Å². The summed E-state index contributed by atoms with van der Waals surface area (Å²) < 4.78 is 17.3. The molecule has 0 saturated heterocycles. The largest absolute Gasteiger partial charge is 0.496 e. The molecule has 0 amide bonds. The summed E-state index contributed by atoms with van der Waals surface area (Å²) in [5.41, 5.74) is 1.10. The van der Waals surface area contributed by atoms with Crippen LogP contribution in [0.25, 0.3) is 0 Å². The van der Waals surface area contributed by atoms with Crippen molar-refractivity contribution in [2.45, 2.75) is 32.1 Å². The molecular weight excluding hydrogens is 437 g/mol. The Morgan fingerprint density at radius 2 is 1.96 bits per heavy atom. The van der Waals surface area contributed by atoms with Gasteiger partial charge in [0.15, 0.2) is 5.96 Å². The topological polar surface area (TPSA) is 53.9 Å². The minimum absolute atomic E-state index is 0. The van der Waals surface area contributed by atoms with Gasteiger partial charge in [-0.25, -0.2) is 0 Å². The molecule has 1 unspecified atom stereocenters. The monoisotopic (exact) mass is 467 g/mol. The number of hydrogen-bond donors (Lipinski definition) is 1. The van der Waals surface area contributed by atoms with E-state index >= 15 is 0 Å². The number of halogens is 1. The standard InChI is InChI=1S/C17H29N3O2S.HI/c1-17(2,3)23(21)12-11-19-16(18-4)20(5)13-14-9-7-8-10-15(14)22-6;/h7-10H,11-13H2,1-6H3,(H,18,19);1H.